The Kier molecular flexibility index (Phi) is 7.38. The molecule has 33 heavy (non-hydrogen) atoms. The van der Waals surface area contributed by atoms with Crippen LogP contribution in [0.2, 0.25) is 0 Å². The van der Waals surface area contributed by atoms with Gasteiger partial charge in [0.2, 0.25) is 0 Å². The number of aromatic nitrogens is 1. The van der Waals surface area contributed by atoms with Crippen LogP contribution in [0.4, 0.5) is 0 Å². The van der Waals surface area contributed by atoms with Crippen LogP contribution in [-0.2, 0) is 24.7 Å². The Morgan fingerprint density at radius 2 is 1.42 bits per heavy atom. The van der Waals surface area contributed by atoms with Crippen molar-refractivity contribution in [3.8, 4) is 11.5 Å². The molecule has 6 heteroatoms. The van der Waals surface area contributed by atoms with E-state index in [0.29, 0.717) is 31.3 Å². The van der Waals surface area contributed by atoms with Crippen molar-refractivity contribution in [2.24, 2.45) is 5.16 Å². The molecule has 0 saturated heterocycles. The third-order valence-electron chi connectivity index (χ3n) is 5.11. The summed E-state index contributed by atoms with van der Waals surface area (Å²) >= 11 is 0. The minimum Gasteiger partial charge on any atom is -0.485 e. The Balaban J connectivity index is 1.45. The maximum absolute atomic E-state index is 6.10. The molecule has 4 aromatic rings. The van der Waals surface area contributed by atoms with E-state index < -0.39 is 0 Å². The van der Waals surface area contributed by atoms with Crippen molar-refractivity contribution in [2.45, 2.75) is 33.7 Å². The van der Waals surface area contributed by atoms with E-state index >= 15 is 0 Å². The quantitative estimate of drug-likeness (QED) is 0.223. The molecule has 0 aliphatic carbocycles. The maximum atomic E-state index is 6.10. The fourth-order valence-electron chi connectivity index (χ4n) is 3.22. The summed E-state index contributed by atoms with van der Waals surface area (Å²) in [6, 6.07) is 25.7. The summed E-state index contributed by atoms with van der Waals surface area (Å²) in [5.41, 5.74) is 4.71. The Morgan fingerprint density at radius 3 is 2.03 bits per heavy atom. The van der Waals surface area contributed by atoms with Gasteiger partial charge in [0.25, 0.3) is 0 Å². The summed E-state index contributed by atoms with van der Waals surface area (Å²) < 4.78 is 17.3. The number of hydrogen-bond acceptors (Lipinski definition) is 6. The topological polar surface area (TPSA) is 66.1 Å². The predicted octanol–water partition coefficient (Wildman–Crippen LogP) is 6.00. The van der Waals surface area contributed by atoms with Gasteiger partial charge in [-0.15, -0.1) is 0 Å². The summed E-state index contributed by atoms with van der Waals surface area (Å²) in [6.45, 7) is 4.92. The summed E-state index contributed by atoms with van der Waals surface area (Å²) in [5, 5.41) is 8.01. The van der Waals surface area contributed by atoms with Crippen molar-refractivity contribution in [1.29, 1.82) is 0 Å². The van der Waals surface area contributed by atoms with Gasteiger partial charge in [0, 0.05) is 5.56 Å². The standard InChI is InChI=1S/C27H26N2O4/c1-20-25(21(2)33-29-20)19-32-28-16-24-13-14-26(30-17-22-9-5-3-6-10-22)27(15-24)31-18-23-11-7-4-8-12-23/h3-16H,17-19H2,1-2H3/b28-16+. The Hall–Kier alpha value is -4.06. The van der Waals surface area contributed by atoms with E-state index in [9.17, 15) is 0 Å². The van der Waals surface area contributed by atoms with Crippen molar-refractivity contribution in [3.05, 3.63) is 113 Å². The summed E-state index contributed by atoms with van der Waals surface area (Å²) in [6.07, 6.45) is 1.65. The van der Waals surface area contributed by atoms with Gasteiger partial charge >= 0.3 is 0 Å². The van der Waals surface area contributed by atoms with E-state index in [4.69, 9.17) is 18.8 Å². The largest absolute Gasteiger partial charge is 0.485 e. The van der Waals surface area contributed by atoms with Gasteiger partial charge in [0.1, 0.15) is 25.6 Å². The second-order valence-electron chi connectivity index (χ2n) is 7.57. The van der Waals surface area contributed by atoms with Crippen LogP contribution in [-0.4, -0.2) is 11.4 Å². The number of benzene rings is 3. The van der Waals surface area contributed by atoms with E-state index in [0.717, 1.165) is 33.7 Å². The summed E-state index contributed by atoms with van der Waals surface area (Å²) in [7, 11) is 0. The van der Waals surface area contributed by atoms with E-state index in [-0.39, 0.29) is 0 Å². The smallest absolute Gasteiger partial charge is 0.162 e. The first-order valence-electron chi connectivity index (χ1n) is 10.7. The molecule has 0 spiro atoms. The minimum absolute atomic E-state index is 0.299. The lowest BCUT2D eigenvalue weighted by atomic mass is 10.2. The molecule has 3 aromatic carbocycles. The molecule has 168 valence electrons. The molecule has 0 N–H and O–H groups in total. The molecule has 6 nitrogen and oxygen atoms in total. The monoisotopic (exact) mass is 442 g/mol. The lowest BCUT2D eigenvalue weighted by Crippen LogP contribution is -2.01. The average Bonchev–Trinajstić information content (AvgIpc) is 3.18. The lowest BCUT2D eigenvalue weighted by Gasteiger charge is -2.14. The number of ether oxygens (including phenoxy) is 2. The zero-order valence-corrected chi connectivity index (χ0v) is 18.7. The highest BCUT2D eigenvalue weighted by Crippen LogP contribution is 2.30. The van der Waals surface area contributed by atoms with Gasteiger partial charge in [-0.05, 0) is 43.2 Å². The van der Waals surface area contributed by atoms with E-state index in [1.165, 1.54) is 0 Å². The van der Waals surface area contributed by atoms with E-state index in [2.05, 4.69) is 10.3 Å². The molecular weight excluding hydrogens is 416 g/mol. The first-order chi connectivity index (χ1) is 16.2. The van der Waals surface area contributed by atoms with Crippen LogP contribution >= 0.6 is 0 Å². The van der Waals surface area contributed by atoms with Crippen molar-refractivity contribution in [2.75, 3.05) is 0 Å². The van der Waals surface area contributed by atoms with Crippen LogP contribution in [0.1, 0.15) is 33.7 Å². The van der Waals surface area contributed by atoms with Gasteiger partial charge in [-0.25, -0.2) is 0 Å². The maximum Gasteiger partial charge on any atom is 0.162 e. The fraction of sp³-hybridized carbons (Fsp3) is 0.185. The number of hydrogen-bond donors (Lipinski definition) is 0. The third-order valence-corrected chi connectivity index (χ3v) is 5.11. The van der Waals surface area contributed by atoms with Gasteiger partial charge in [-0.3, -0.25) is 0 Å². The van der Waals surface area contributed by atoms with Crippen LogP contribution in [0, 0.1) is 13.8 Å². The molecule has 0 radical (unpaired) electrons. The second-order valence-corrected chi connectivity index (χ2v) is 7.57. The van der Waals surface area contributed by atoms with Crippen LogP contribution in [0.25, 0.3) is 0 Å². The van der Waals surface area contributed by atoms with Crippen molar-refractivity contribution >= 4 is 6.21 Å². The number of nitrogens with zero attached hydrogens (tertiary/aromatic N) is 2. The van der Waals surface area contributed by atoms with Gasteiger partial charge in [-0.1, -0.05) is 71.0 Å². The highest BCUT2D eigenvalue weighted by Gasteiger charge is 2.10. The zero-order chi connectivity index (χ0) is 22.9. The first-order valence-corrected chi connectivity index (χ1v) is 10.7. The molecule has 4 rings (SSSR count). The van der Waals surface area contributed by atoms with Gasteiger partial charge in [0.05, 0.1) is 17.5 Å². The van der Waals surface area contributed by atoms with Crippen LogP contribution in [0.15, 0.2) is 88.5 Å². The average molecular weight is 443 g/mol. The molecule has 0 bridgehead atoms. The normalized spacial score (nSPS) is 11.0. The molecule has 0 aliphatic heterocycles. The molecule has 0 aliphatic rings. The number of rotatable bonds is 10. The number of oxime groups is 1. The highest BCUT2D eigenvalue weighted by atomic mass is 16.6. The lowest BCUT2D eigenvalue weighted by molar-refractivity contribution is 0.130. The Labute approximate surface area is 193 Å². The van der Waals surface area contributed by atoms with Crippen molar-refractivity contribution in [1.82, 2.24) is 5.16 Å². The zero-order valence-electron chi connectivity index (χ0n) is 18.7. The number of aryl methyl sites for hydroxylation is 2. The van der Waals surface area contributed by atoms with Crippen LogP contribution in [0.3, 0.4) is 0 Å². The molecule has 0 amide bonds. The van der Waals surface area contributed by atoms with Crippen LogP contribution in [0.5, 0.6) is 11.5 Å². The SMILES string of the molecule is Cc1noc(C)c1CO/N=C/c1ccc(OCc2ccccc2)c(OCc2ccccc2)c1. The fourth-order valence-corrected chi connectivity index (χ4v) is 3.22. The predicted molar refractivity (Wildman–Crippen MR) is 126 cm³/mol. The van der Waals surface area contributed by atoms with Crippen LogP contribution < -0.4 is 9.47 Å². The highest BCUT2D eigenvalue weighted by molar-refractivity contribution is 5.80. The molecule has 0 unspecified atom stereocenters. The summed E-state index contributed by atoms with van der Waals surface area (Å²) in [5.74, 6) is 2.05. The molecule has 1 aromatic heterocycles. The molecule has 0 atom stereocenters. The van der Waals surface area contributed by atoms with Gasteiger partial charge in [-0.2, -0.15) is 0 Å². The van der Waals surface area contributed by atoms with Crippen molar-refractivity contribution < 1.29 is 18.8 Å². The van der Waals surface area contributed by atoms with Gasteiger partial charge in [0.15, 0.2) is 11.5 Å². The van der Waals surface area contributed by atoms with E-state index in [1.807, 2.05) is 92.7 Å². The Bertz CT molecular complexity index is 1170. The second kappa shape index (κ2) is 11.0. The first kappa shape index (κ1) is 22.1. The Morgan fingerprint density at radius 1 is 0.788 bits per heavy atom. The summed E-state index contributed by atoms with van der Waals surface area (Å²) in [4.78, 5) is 5.45. The minimum atomic E-state index is 0.299. The molecular formula is C27H26N2O4. The van der Waals surface area contributed by atoms with E-state index in [1.54, 1.807) is 6.21 Å². The third kappa shape index (κ3) is 6.23. The molecule has 0 saturated carbocycles. The molecule has 1 heterocycles. The van der Waals surface area contributed by atoms with Crippen molar-refractivity contribution in [3.63, 3.8) is 0 Å². The molecule has 0 fully saturated rings. The van der Waals surface area contributed by atoms with Gasteiger partial charge < -0.3 is 18.8 Å².